The van der Waals surface area contributed by atoms with Crippen molar-refractivity contribution >= 4 is 15.9 Å². The number of nitrogens with one attached hydrogen (secondary N) is 1. The predicted molar refractivity (Wildman–Crippen MR) is 118 cm³/mol. The third kappa shape index (κ3) is 5.81. The van der Waals surface area contributed by atoms with Crippen molar-refractivity contribution in [1.29, 1.82) is 0 Å². The van der Waals surface area contributed by atoms with Gasteiger partial charge in [0.1, 0.15) is 12.4 Å². The van der Waals surface area contributed by atoms with Gasteiger partial charge in [0.2, 0.25) is 0 Å². The van der Waals surface area contributed by atoms with Crippen LogP contribution in [0.3, 0.4) is 0 Å². The zero-order valence-electron chi connectivity index (χ0n) is 16.6. The molecule has 1 atom stereocenters. The topological polar surface area (TPSA) is 30.5 Å². The van der Waals surface area contributed by atoms with E-state index in [1.807, 2.05) is 37.3 Å². The molecule has 0 fully saturated rings. The number of halogens is 2. The van der Waals surface area contributed by atoms with Crippen molar-refractivity contribution in [3.8, 4) is 11.5 Å². The van der Waals surface area contributed by atoms with Gasteiger partial charge < -0.3 is 14.8 Å². The summed E-state index contributed by atoms with van der Waals surface area (Å²) in [5.74, 6) is 0.939. The molecule has 3 nitrogen and oxygen atoms in total. The third-order valence-corrected chi connectivity index (χ3v) is 5.20. The summed E-state index contributed by atoms with van der Waals surface area (Å²) < 4.78 is 26.4. The van der Waals surface area contributed by atoms with Crippen LogP contribution in [0.15, 0.2) is 71.2 Å². The van der Waals surface area contributed by atoms with E-state index in [9.17, 15) is 4.39 Å². The molecule has 0 bridgehead atoms. The molecular weight excluding hydrogens is 433 g/mol. The van der Waals surface area contributed by atoms with Crippen LogP contribution in [0.5, 0.6) is 11.5 Å². The Kier molecular flexibility index (Phi) is 7.67. The minimum absolute atomic E-state index is 0.133. The monoisotopic (exact) mass is 457 g/mol. The van der Waals surface area contributed by atoms with E-state index in [-0.39, 0.29) is 18.5 Å². The Hall–Kier alpha value is -2.37. The van der Waals surface area contributed by atoms with E-state index < -0.39 is 0 Å². The van der Waals surface area contributed by atoms with Crippen molar-refractivity contribution in [3.63, 3.8) is 0 Å². The Bertz CT molecular complexity index is 933. The van der Waals surface area contributed by atoms with Crippen LogP contribution in [-0.2, 0) is 13.2 Å². The van der Waals surface area contributed by atoms with E-state index in [1.165, 1.54) is 11.6 Å². The quantitative estimate of drug-likeness (QED) is 0.402. The molecule has 0 saturated heterocycles. The van der Waals surface area contributed by atoms with E-state index in [0.29, 0.717) is 30.2 Å². The summed E-state index contributed by atoms with van der Waals surface area (Å²) in [4.78, 5) is 0. The molecule has 0 aliphatic heterocycles. The molecule has 0 unspecified atom stereocenters. The first kappa shape index (κ1) is 21.3. The van der Waals surface area contributed by atoms with Gasteiger partial charge in [-0.25, -0.2) is 4.39 Å². The minimum Gasteiger partial charge on any atom is -0.490 e. The minimum atomic E-state index is -0.280. The maximum atomic E-state index is 13.9. The molecule has 0 saturated carbocycles. The maximum Gasteiger partial charge on any atom is 0.175 e. The Morgan fingerprint density at radius 1 is 1.00 bits per heavy atom. The summed E-state index contributed by atoms with van der Waals surface area (Å²) in [6.45, 7) is 5.40. The average molecular weight is 458 g/mol. The summed E-state index contributed by atoms with van der Waals surface area (Å²) in [5.41, 5.74) is 2.81. The average Bonchev–Trinajstić information content (AvgIpc) is 2.73. The van der Waals surface area contributed by atoms with Crippen molar-refractivity contribution in [3.05, 3.63) is 93.7 Å². The molecule has 0 spiro atoms. The molecule has 3 aromatic carbocycles. The van der Waals surface area contributed by atoms with Crippen molar-refractivity contribution in [2.45, 2.75) is 33.0 Å². The van der Waals surface area contributed by atoms with E-state index in [2.05, 4.69) is 40.3 Å². The Labute approximate surface area is 180 Å². The highest BCUT2D eigenvalue weighted by atomic mass is 79.9. The Morgan fingerprint density at radius 3 is 2.45 bits per heavy atom. The van der Waals surface area contributed by atoms with Crippen LogP contribution >= 0.6 is 15.9 Å². The molecule has 0 radical (unpaired) electrons. The fraction of sp³-hybridized carbons (Fsp3) is 0.250. The summed E-state index contributed by atoms with van der Waals surface area (Å²) in [6, 6.07) is 21.1. The molecule has 0 amide bonds. The molecule has 152 valence electrons. The van der Waals surface area contributed by atoms with Crippen molar-refractivity contribution in [2.75, 3.05) is 6.61 Å². The van der Waals surface area contributed by atoms with Crippen LogP contribution in [-0.4, -0.2) is 6.61 Å². The third-order valence-electron chi connectivity index (χ3n) is 4.61. The van der Waals surface area contributed by atoms with Crippen LogP contribution in [0.4, 0.5) is 4.39 Å². The lowest BCUT2D eigenvalue weighted by molar-refractivity contribution is 0.264. The summed E-state index contributed by atoms with van der Waals surface area (Å²) >= 11 is 3.59. The molecular formula is C24H25BrFNO2. The van der Waals surface area contributed by atoms with Crippen LogP contribution in [0.1, 0.15) is 36.6 Å². The Morgan fingerprint density at radius 2 is 1.72 bits per heavy atom. The van der Waals surface area contributed by atoms with E-state index >= 15 is 0 Å². The highest BCUT2D eigenvalue weighted by Crippen LogP contribution is 2.37. The number of hydrogen-bond acceptors (Lipinski definition) is 3. The van der Waals surface area contributed by atoms with Crippen LogP contribution in [0.2, 0.25) is 0 Å². The molecule has 3 aromatic rings. The zero-order chi connectivity index (χ0) is 20.6. The summed E-state index contributed by atoms with van der Waals surface area (Å²) in [6.07, 6.45) is 0. The largest absolute Gasteiger partial charge is 0.490 e. The second-order valence-corrected chi connectivity index (χ2v) is 7.59. The fourth-order valence-electron chi connectivity index (χ4n) is 3.02. The molecule has 0 heterocycles. The van der Waals surface area contributed by atoms with Gasteiger partial charge in [-0.05, 0) is 59.1 Å². The van der Waals surface area contributed by atoms with Gasteiger partial charge in [0, 0.05) is 18.2 Å². The van der Waals surface area contributed by atoms with Crippen LogP contribution in [0, 0.1) is 5.82 Å². The molecule has 1 N–H and O–H groups in total. The van der Waals surface area contributed by atoms with Crippen molar-refractivity contribution in [1.82, 2.24) is 5.32 Å². The molecule has 0 aromatic heterocycles. The van der Waals surface area contributed by atoms with Crippen LogP contribution < -0.4 is 14.8 Å². The first-order valence-electron chi connectivity index (χ1n) is 9.68. The molecule has 3 rings (SSSR count). The van der Waals surface area contributed by atoms with Gasteiger partial charge >= 0.3 is 0 Å². The van der Waals surface area contributed by atoms with Crippen molar-refractivity contribution < 1.29 is 13.9 Å². The van der Waals surface area contributed by atoms with E-state index in [0.717, 1.165) is 10.0 Å². The van der Waals surface area contributed by atoms with Gasteiger partial charge in [-0.2, -0.15) is 0 Å². The predicted octanol–water partition coefficient (Wildman–Crippen LogP) is 6.42. The Balaban J connectivity index is 1.72. The SMILES string of the molecule is CCOc1cc(CN[C@@H](C)c2ccccc2)cc(Br)c1OCc1ccccc1F. The van der Waals surface area contributed by atoms with Crippen molar-refractivity contribution in [2.24, 2.45) is 0 Å². The maximum absolute atomic E-state index is 13.9. The lowest BCUT2D eigenvalue weighted by atomic mass is 10.1. The van der Waals surface area contributed by atoms with E-state index in [4.69, 9.17) is 9.47 Å². The number of rotatable bonds is 9. The molecule has 5 heteroatoms. The zero-order valence-corrected chi connectivity index (χ0v) is 18.2. The smallest absolute Gasteiger partial charge is 0.175 e. The lowest BCUT2D eigenvalue weighted by Crippen LogP contribution is -2.18. The van der Waals surface area contributed by atoms with Gasteiger partial charge in [-0.3, -0.25) is 0 Å². The number of hydrogen-bond donors (Lipinski definition) is 1. The first-order valence-corrected chi connectivity index (χ1v) is 10.5. The van der Waals surface area contributed by atoms with E-state index in [1.54, 1.807) is 18.2 Å². The van der Waals surface area contributed by atoms with Crippen LogP contribution in [0.25, 0.3) is 0 Å². The standard InChI is InChI=1S/C24H25BrFNO2/c1-3-28-23-14-18(15-27-17(2)19-9-5-4-6-10-19)13-21(25)24(23)29-16-20-11-7-8-12-22(20)26/h4-14,17,27H,3,15-16H2,1-2H3/t17-/m0/s1. The van der Waals surface area contributed by atoms with Gasteiger partial charge in [0.25, 0.3) is 0 Å². The summed E-state index contributed by atoms with van der Waals surface area (Å²) in [7, 11) is 0. The number of ether oxygens (including phenoxy) is 2. The molecule has 0 aliphatic rings. The van der Waals surface area contributed by atoms with Gasteiger partial charge in [-0.1, -0.05) is 48.5 Å². The number of benzene rings is 3. The second kappa shape index (κ2) is 10.4. The van der Waals surface area contributed by atoms with Gasteiger partial charge in [-0.15, -0.1) is 0 Å². The highest BCUT2D eigenvalue weighted by Gasteiger charge is 2.14. The lowest BCUT2D eigenvalue weighted by Gasteiger charge is -2.18. The second-order valence-electron chi connectivity index (χ2n) is 6.73. The van der Waals surface area contributed by atoms with Gasteiger partial charge in [0.15, 0.2) is 11.5 Å². The molecule has 29 heavy (non-hydrogen) atoms. The summed E-state index contributed by atoms with van der Waals surface area (Å²) in [5, 5.41) is 3.53. The first-order chi connectivity index (χ1) is 14.1. The fourth-order valence-corrected chi connectivity index (χ4v) is 3.63. The highest BCUT2D eigenvalue weighted by molar-refractivity contribution is 9.10. The normalized spacial score (nSPS) is 11.9. The molecule has 0 aliphatic carbocycles. The van der Waals surface area contributed by atoms with Gasteiger partial charge in [0.05, 0.1) is 11.1 Å².